The van der Waals surface area contributed by atoms with Gasteiger partial charge in [0.2, 0.25) is 0 Å². The van der Waals surface area contributed by atoms with Gasteiger partial charge in [0.25, 0.3) is 0 Å². The van der Waals surface area contributed by atoms with Gasteiger partial charge in [-0.1, -0.05) is 162 Å². The van der Waals surface area contributed by atoms with Crippen LogP contribution in [0.5, 0.6) is 5.75 Å². The van der Waals surface area contributed by atoms with E-state index in [0.29, 0.717) is 17.1 Å². The first kappa shape index (κ1) is 37.6. The van der Waals surface area contributed by atoms with E-state index in [0.717, 1.165) is 94.7 Å². The Balaban J connectivity index is 0.00000548. The minimum Gasteiger partial charge on any atom is -0.665 e. The van der Waals surface area contributed by atoms with Gasteiger partial charge in [-0.3, -0.25) is 9.55 Å². The van der Waals surface area contributed by atoms with Crippen LogP contribution >= 0.6 is 0 Å². The number of ether oxygens (including phenoxy) is 1. The predicted molar refractivity (Wildman–Crippen MR) is 256 cm³/mol. The summed E-state index contributed by atoms with van der Waals surface area (Å²) in [5.74, 6) is 1.22. The van der Waals surface area contributed by atoms with E-state index in [4.69, 9.17) is 18.8 Å². The van der Waals surface area contributed by atoms with Crippen LogP contribution in [0.1, 0.15) is 20.8 Å². The standard InChI is InChI=1S/C58H43N3O.Pt/c1-38-30-40(3)57(62-4)52(31-38)58-60-56-49(47-33-46(42-20-11-6-12-21-42)34-48(35-47)53-36-45(28-29-59-53)41-18-9-5-10-19-41)26-17-27-54(56)61(58)55-37-50(43-22-13-7-14-23-43)39(2)32-51(55)44-24-15-8-16-25-44;/h5-34,36-37H,4H2,1-3H3;/q-2;+2/i2D3;. The van der Waals surface area contributed by atoms with Crippen LogP contribution in [0.2, 0.25) is 0 Å². The number of para-hydroxylation sites is 1. The average Bonchev–Trinajstić information content (AvgIpc) is 3.74. The average molecular weight is 996 g/mol. The molecule has 0 N–H and O–H groups in total. The van der Waals surface area contributed by atoms with E-state index >= 15 is 0 Å². The zero-order valence-corrected chi connectivity index (χ0v) is 37.0. The molecule has 0 aliphatic carbocycles. The number of pyridine rings is 1. The van der Waals surface area contributed by atoms with Crippen molar-refractivity contribution in [3.63, 3.8) is 0 Å². The molecule has 0 aliphatic heterocycles. The van der Waals surface area contributed by atoms with Gasteiger partial charge in [0, 0.05) is 21.6 Å². The van der Waals surface area contributed by atoms with Crippen molar-refractivity contribution in [1.82, 2.24) is 14.5 Å². The van der Waals surface area contributed by atoms with E-state index in [1.54, 1.807) is 0 Å². The van der Waals surface area contributed by atoms with Gasteiger partial charge in [-0.2, -0.15) is 7.11 Å². The van der Waals surface area contributed by atoms with Gasteiger partial charge in [0.05, 0.1) is 28.0 Å². The second-order valence-electron chi connectivity index (χ2n) is 15.6. The number of hydrogen-bond acceptors (Lipinski definition) is 3. The van der Waals surface area contributed by atoms with Crippen LogP contribution < -0.4 is 4.74 Å². The van der Waals surface area contributed by atoms with Gasteiger partial charge in [0.1, 0.15) is 5.82 Å². The number of fused-ring (bicyclic) bond motifs is 1. The first-order chi connectivity index (χ1) is 31.6. The zero-order valence-electron chi connectivity index (χ0n) is 37.7. The van der Waals surface area contributed by atoms with Gasteiger partial charge in [-0.15, -0.1) is 23.8 Å². The van der Waals surface area contributed by atoms with Gasteiger partial charge in [0.15, 0.2) is 0 Å². The molecule has 0 fully saturated rings. The van der Waals surface area contributed by atoms with Gasteiger partial charge in [-0.05, 0) is 101 Å². The van der Waals surface area contributed by atoms with E-state index in [9.17, 15) is 0 Å². The van der Waals surface area contributed by atoms with Crippen LogP contribution in [0.4, 0.5) is 0 Å². The minimum absolute atomic E-state index is 0. The summed E-state index contributed by atoms with van der Waals surface area (Å²) >= 11 is 0. The Kier molecular flexibility index (Phi) is 10.6. The zero-order chi connectivity index (χ0) is 44.7. The summed E-state index contributed by atoms with van der Waals surface area (Å²) < 4.78 is 34.5. The number of aromatic nitrogens is 3. The normalized spacial score (nSPS) is 12.0. The predicted octanol–water partition coefficient (Wildman–Crippen LogP) is 15.0. The van der Waals surface area contributed by atoms with Crippen molar-refractivity contribution in [2.75, 3.05) is 0 Å². The molecule has 0 aliphatic rings. The molecule has 0 saturated carbocycles. The van der Waals surface area contributed by atoms with Crippen LogP contribution in [-0.4, -0.2) is 14.5 Å². The molecule has 0 radical (unpaired) electrons. The van der Waals surface area contributed by atoms with Crippen LogP contribution in [0.25, 0.3) is 95.0 Å². The van der Waals surface area contributed by atoms with Crippen molar-refractivity contribution < 1.29 is 29.9 Å². The number of rotatable bonds is 9. The number of benzene rings is 8. The Morgan fingerprint density at radius 3 is 1.81 bits per heavy atom. The molecule has 2 heterocycles. The molecule has 5 heteroatoms. The largest absolute Gasteiger partial charge is 2.00 e. The molecule has 0 saturated heterocycles. The Bertz CT molecular complexity index is 3350. The third-order valence-corrected chi connectivity index (χ3v) is 11.4. The number of nitrogens with zero attached hydrogens (tertiary/aromatic N) is 3. The van der Waals surface area contributed by atoms with Crippen molar-refractivity contribution in [2.45, 2.75) is 20.7 Å². The van der Waals surface area contributed by atoms with Gasteiger partial charge in [-0.25, -0.2) is 4.98 Å². The topological polar surface area (TPSA) is 39.9 Å². The van der Waals surface area contributed by atoms with Crippen molar-refractivity contribution >= 4 is 11.0 Å². The van der Waals surface area contributed by atoms with Gasteiger partial charge >= 0.3 is 21.1 Å². The summed E-state index contributed by atoms with van der Waals surface area (Å²) in [6.07, 6.45) is 1.85. The van der Waals surface area contributed by atoms with Crippen molar-refractivity contribution in [2.24, 2.45) is 0 Å². The molecular weight excluding hydrogens is 950 g/mol. The molecule has 0 spiro atoms. The van der Waals surface area contributed by atoms with E-state index in [1.165, 1.54) is 0 Å². The summed E-state index contributed by atoms with van der Waals surface area (Å²) in [5.41, 5.74) is 15.9. The maximum atomic E-state index is 8.80. The molecule has 0 bridgehead atoms. The van der Waals surface area contributed by atoms with E-state index in [2.05, 4.69) is 91.4 Å². The third-order valence-electron chi connectivity index (χ3n) is 11.4. The van der Waals surface area contributed by atoms with Crippen LogP contribution in [0.15, 0.2) is 194 Å². The molecule has 306 valence electrons. The quantitative estimate of drug-likeness (QED) is 0.135. The first-order valence-electron chi connectivity index (χ1n) is 22.1. The Labute approximate surface area is 388 Å². The van der Waals surface area contributed by atoms with E-state index in [-0.39, 0.29) is 26.6 Å². The molecule has 63 heavy (non-hydrogen) atoms. The maximum Gasteiger partial charge on any atom is 2.00 e. The van der Waals surface area contributed by atoms with E-state index in [1.807, 2.05) is 134 Å². The number of aryl methyl sites for hydroxylation is 3. The van der Waals surface area contributed by atoms with Crippen LogP contribution in [0.3, 0.4) is 0 Å². The monoisotopic (exact) mass is 995 g/mol. The van der Waals surface area contributed by atoms with Crippen LogP contribution in [-0.2, 0) is 21.1 Å². The second-order valence-corrected chi connectivity index (χ2v) is 15.6. The molecular formula is C58H43N3OPt. The van der Waals surface area contributed by atoms with Gasteiger partial charge < -0.3 is 4.74 Å². The maximum absolute atomic E-state index is 8.80. The van der Waals surface area contributed by atoms with E-state index < -0.39 is 6.85 Å². The smallest absolute Gasteiger partial charge is 0.665 e. The summed E-state index contributed by atoms with van der Waals surface area (Å²) in [7, 11) is 3.90. The third kappa shape index (κ3) is 7.95. The molecule has 4 nitrogen and oxygen atoms in total. The molecule has 0 amide bonds. The Hall–Kier alpha value is -7.13. The Morgan fingerprint density at radius 2 is 1.16 bits per heavy atom. The Morgan fingerprint density at radius 1 is 0.540 bits per heavy atom. The fourth-order valence-electron chi connectivity index (χ4n) is 8.57. The SMILES string of the molecule is [2H]C([2H])([2H])c1cc(-c2ccccc2)c(-n2c(-c3cc(C)cc(C)c3O[CH2-])nc3c(-c4[c-]c(-c5cc(-c6ccccc6)ccn5)cc(-c5ccccc5)c4)cccc32)cc1-c1ccccc1.[Pt+2]. The summed E-state index contributed by atoms with van der Waals surface area (Å²) in [6.45, 7) is 1.66. The van der Waals surface area contributed by atoms with Crippen molar-refractivity contribution in [3.05, 3.63) is 224 Å². The van der Waals surface area contributed by atoms with Crippen molar-refractivity contribution in [3.8, 4) is 89.7 Å². The number of imidazole rings is 1. The fraction of sp³-hybridized carbons (Fsp3) is 0.0517. The van der Waals surface area contributed by atoms with Crippen LogP contribution in [0, 0.1) is 33.9 Å². The summed E-state index contributed by atoms with van der Waals surface area (Å²) in [5, 5.41) is 0. The molecule has 0 unspecified atom stereocenters. The van der Waals surface area contributed by atoms with Crippen molar-refractivity contribution in [1.29, 1.82) is 0 Å². The molecule has 8 aromatic carbocycles. The molecule has 10 rings (SSSR count). The second kappa shape index (κ2) is 17.7. The molecule has 10 aromatic rings. The molecule has 0 atom stereocenters. The number of hydrogen-bond donors (Lipinski definition) is 0. The molecule has 2 aromatic heterocycles. The summed E-state index contributed by atoms with van der Waals surface area (Å²) in [4.78, 5) is 10.5. The fourth-order valence-corrected chi connectivity index (χ4v) is 8.57. The minimum atomic E-state index is -2.41. The first-order valence-corrected chi connectivity index (χ1v) is 20.6. The summed E-state index contributed by atoms with van der Waals surface area (Å²) in [6, 6.07) is 66.8.